The smallest absolute Gasteiger partial charge is 0.315 e. The van der Waals surface area contributed by atoms with Gasteiger partial charge in [0.25, 0.3) is 0 Å². The molecular formula is C26H31N3OS. The molecule has 1 aliphatic rings. The van der Waals surface area contributed by atoms with Crippen molar-refractivity contribution in [2.24, 2.45) is 0 Å². The minimum absolute atomic E-state index is 0.132. The van der Waals surface area contributed by atoms with Crippen molar-refractivity contribution in [3.63, 3.8) is 0 Å². The Morgan fingerprint density at radius 2 is 1.45 bits per heavy atom. The van der Waals surface area contributed by atoms with Gasteiger partial charge in [0, 0.05) is 6.54 Å². The summed E-state index contributed by atoms with van der Waals surface area (Å²) >= 11 is 1.72. The van der Waals surface area contributed by atoms with E-state index in [-0.39, 0.29) is 18.1 Å². The van der Waals surface area contributed by atoms with E-state index in [4.69, 9.17) is 0 Å². The lowest BCUT2D eigenvalue weighted by atomic mass is 9.99. The van der Waals surface area contributed by atoms with Crippen LogP contribution in [0.3, 0.4) is 0 Å². The zero-order chi connectivity index (χ0) is 21.3. The first-order valence-electron chi connectivity index (χ1n) is 11.2. The van der Waals surface area contributed by atoms with Crippen LogP contribution in [0.25, 0.3) is 0 Å². The number of carbonyl (C=O) groups is 1. The van der Waals surface area contributed by atoms with Crippen molar-refractivity contribution in [2.45, 2.75) is 37.8 Å². The van der Waals surface area contributed by atoms with Gasteiger partial charge in [0.2, 0.25) is 0 Å². The lowest BCUT2D eigenvalue weighted by Gasteiger charge is -2.31. The number of benzene rings is 2. The van der Waals surface area contributed by atoms with E-state index in [1.807, 2.05) is 36.4 Å². The number of hydrogen-bond donors (Lipinski definition) is 2. The maximum atomic E-state index is 13.0. The second-order valence-corrected chi connectivity index (χ2v) is 8.91. The fourth-order valence-electron chi connectivity index (χ4n) is 4.35. The summed E-state index contributed by atoms with van der Waals surface area (Å²) in [5, 5.41) is 10.7. The third-order valence-electron chi connectivity index (χ3n) is 6.01. The lowest BCUT2D eigenvalue weighted by molar-refractivity contribution is 0.196. The zero-order valence-electron chi connectivity index (χ0n) is 17.9. The molecule has 162 valence electrons. The van der Waals surface area contributed by atoms with E-state index < -0.39 is 0 Å². The molecule has 0 saturated carbocycles. The highest BCUT2D eigenvalue weighted by molar-refractivity contribution is 7.07. The molecule has 2 amide bonds. The highest BCUT2D eigenvalue weighted by Gasteiger charge is 2.23. The number of amides is 2. The largest absolute Gasteiger partial charge is 0.336 e. The summed E-state index contributed by atoms with van der Waals surface area (Å²) in [5.41, 5.74) is 3.45. The monoisotopic (exact) mass is 433 g/mol. The molecule has 31 heavy (non-hydrogen) atoms. The quantitative estimate of drug-likeness (QED) is 0.498. The molecule has 1 aliphatic heterocycles. The van der Waals surface area contributed by atoms with Crippen LogP contribution >= 0.6 is 11.3 Å². The second kappa shape index (κ2) is 11.1. The Balaban J connectivity index is 1.45. The molecular weight excluding hydrogens is 402 g/mol. The third kappa shape index (κ3) is 5.96. The first-order chi connectivity index (χ1) is 15.3. The van der Waals surface area contributed by atoms with Gasteiger partial charge in [0.05, 0.1) is 12.1 Å². The van der Waals surface area contributed by atoms with Crippen molar-refractivity contribution in [3.05, 3.63) is 94.2 Å². The highest BCUT2D eigenvalue weighted by atomic mass is 32.1. The predicted octanol–water partition coefficient (Wildman–Crippen LogP) is 5.75. The van der Waals surface area contributed by atoms with Crippen molar-refractivity contribution in [1.82, 2.24) is 15.5 Å². The van der Waals surface area contributed by atoms with Crippen molar-refractivity contribution in [3.8, 4) is 0 Å². The molecule has 0 spiro atoms. The van der Waals surface area contributed by atoms with Crippen LogP contribution in [0.5, 0.6) is 0 Å². The summed E-state index contributed by atoms with van der Waals surface area (Å²) < 4.78 is 0. The first kappa shape index (κ1) is 21.6. The molecule has 1 fully saturated rings. The SMILES string of the molecule is O=C(NCC(c1ccsc1)N1CCCCCC1)NC(c1ccccc1)c1ccccc1. The minimum atomic E-state index is -0.180. The molecule has 1 unspecified atom stereocenters. The van der Waals surface area contributed by atoms with Gasteiger partial charge in [-0.3, -0.25) is 4.90 Å². The second-order valence-electron chi connectivity index (χ2n) is 8.13. The Labute approximate surface area is 189 Å². The number of hydrogen-bond acceptors (Lipinski definition) is 3. The lowest BCUT2D eigenvalue weighted by Crippen LogP contribution is -2.43. The normalized spacial score (nSPS) is 15.9. The number of likely N-dealkylation sites (tertiary alicyclic amines) is 1. The van der Waals surface area contributed by atoms with Crippen LogP contribution in [0.1, 0.15) is 54.5 Å². The van der Waals surface area contributed by atoms with Gasteiger partial charge in [-0.25, -0.2) is 4.79 Å². The van der Waals surface area contributed by atoms with Crippen molar-refractivity contribution in [2.75, 3.05) is 19.6 Å². The summed E-state index contributed by atoms with van der Waals surface area (Å²) in [6, 6.07) is 22.4. The van der Waals surface area contributed by atoms with Crippen molar-refractivity contribution >= 4 is 17.4 Å². The van der Waals surface area contributed by atoms with Crippen LogP contribution in [0.4, 0.5) is 4.79 Å². The highest BCUT2D eigenvalue weighted by Crippen LogP contribution is 2.26. The summed E-state index contributed by atoms with van der Waals surface area (Å²) in [5.74, 6) is 0. The van der Waals surface area contributed by atoms with Gasteiger partial charge < -0.3 is 10.6 Å². The van der Waals surface area contributed by atoms with Crippen molar-refractivity contribution < 1.29 is 4.79 Å². The number of nitrogens with one attached hydrogen (secondary N) is 2. The molecule has 1 aromatic heterocycles. The van der Waals surface area contributed by atoms with Crippen LogP contribution in [-0.2, 0) is 0 Å². The van der Waals surface area contributed by atoms with Crippen LogP contribution in [0.2, 0.25) is 0 Å². The van der Waals surface area contributed by atoms with E-state index in [1.54, 1.807) is 11.3 Å². The zero-order valence-corrected chi connectivity index (χ0v) is 18.7. The average molecular weight is 434 g/mol. The van der Waals surface area contributed by atoms with Gasteiger partial charge in [0.15, 0.2) is 0 Å². The van der Waals surface area contributed by atoms with E-state index in [1.165, 1.54) is 31.2 Å². The molecule has 1 atom stereocenters. The Bertz CT molecular complexity index is 867. The maximum absolute atomic E-state index is 13.0. The minimum Gasteiger partial charge on any atom is -0.336 e. The predicted molar refractivity (Wildman–Crippen MR) is 128 cm³/mol. The standard InChI is InChI=1S/C26H31N3OS/c30-26(28-25(21-11-5-3-6-12-21)22-13-7-4-8-14-22)27-19-24(23-15-18-31-20-23)29-16-9-1-2-10-17-29/h3-8,11-15,18,20,24-25H,1-2,9-10,16-17,19H2,(H2,27,28,30). The number of rotatable bonds is 7. The molecule has 0 radical (unpaired) electrons. The van der Waals surface area contributed by atoms with E-state index in [2.05, 4.69) is 56.6 Å². The Hall–Kier alpha value is -2.63. The molecule has 5 heteroatoms. The van der Waals surface area contributed by atoms with Crippen LogP contribution in [0, 0.1) is 0 Å². The fraction of sp³-hybridized carbons (Fsp3) is 0.346. The molecule has 4 rings (SSSR count). The topological polar surface area (TPSA) is 44.4 Å². The number of urea groups is 1. The molecule has 0 bridgehead atoms. The number of carbonyl (C=O) groups excluding carboxylic acids is 1. The fourth-order valence-corrected chi connectivity index (χ4v) is 5.06. The maximum Gasteiger partial charge on any atom is 0.315 e. The molecule has 2 heterocycles. The molecule has 2 N–H and O–H groups in total. The molecule has 0 aliphatic carbocycles. The molecule has 4 nitrogen and oxygen atoms in total. The van der Waals surface area contributed by atoms with Gasteiger partial charge in [-0.1, -0.05) is 73.5 Å². The molecule has 2 aromatic carbocycles. The number of thiophene rings is 1. The Morgan fingerprint density at radius 1 is 0.839 bits per heavy atom. The summed E-state index contributed by atoms with van der Waals surface area (Å²) in [6.45, 7) is 2.81. The Kier molecular flexibility index (Phi) is 7.75. The summed E-state index contributed by atoms with van der Waals surface area (Å²) in [4.78, 5) is 15.5. The molecule has 1 saturated heterocycles. The Morgan fingerprint density at radius 3 is 2.00 bits per heavy atom. The van der Waals surface area contributed by atoms with Crippen LogP contribution in [0.15, 0.2) is 77.5 Å². The van der Waals surface area contributed by atoms with Gasteiger partial charge in [0.1, 0.15) is 0 Å². The van der Waals surface area contributed by atoms with Gasteiger partial charge >= 0.3 is 6.03 Å². The number of nitrogens with zero attached hydrogens (tertiary/aromatic N) is 1. The van der Waals surface area contributed by atoms with E-state index in [0.717, 1.165) is 24.2 Å². The first-order valence-corrected chi connectivity index (χ1v) is 12.2. The van der Waals surface area contributed by atoms with E-state index in [0.29, 0.717) is 6.54 Å². The third-order valence-corrected chi connectivity index (χ3v) is 6.71. The van der Waals surface area contributed by atoms with E-state index in [9.17, 15) is 4.79 Å². The summed E-state index contributed by atoms with van der Waals surface area (Å²) in [6.07, 6.45) is 5.07. The molecule has 3 aromatic rings. The summed E-state index contributed by atoms with van der Waals surface area (Å²) in [7, 11) is 0. The van der Waals surface area contributed by atoms with E-state index >= 15 is 0 Å². The van der Waals surface area contributed by atoms with Crippen LogP contribution < -0.4 is 10.6 Å². The van der Waals surface area contributed by atoms with Crippen molar-refractivity contribution in [1.29, 1.82) is 0 Å². The van der Waals surface area contributed by atoms with Gasteiger partial charge in [-0.05, 0) is 59.4 Å². The van der Waals surface area contributed by atoms with Gasteiger partial charge in [-0.15, -0.1) is 0 Å². The average Bonchev–Trinajstić information content (AvgIpc) is 3.21. The van der Waals surface area contributed by atoms with Gasteiger partial charge in [-0.2, -0.15) is 11.3 Å². The van der Waals surface area contributed by atoms with Crippen LogP contribution in [-0.4, -0.2) is 30.6 Å².